The largest absolute Gasteiger partial charge is 0.480 e. The van der Waals surface area contributed by atoms with Crippen molar-refractivity contribution in [1.82, 2.24) is 10.2 Å². The summed E-state index contributed by atoms with van der Waals surface area (Å²) in [7, 11) is 0. The van der Waals surface area contributed by atoms with Crippen molar-refractivity contribution in [2.45, 2.75) is 19.3 Å². The molecule has 0 heterocycles. The van der Waals surface area contributed by atoms with Crippen LogP contribution in [0.1, 0.15) is 19.3 Å². The molecule has 0 fully saturated rings. The molecule has 102 valence electrons. The van der Waals surface area contributed by atoms with Gasteiger partial charge in [0.05, 0.1) is 0 Å². The van der Waals surface area contributed by atoms with E-state index in [4.69, 9.17) is 10.8 Å². The molecule has 0 aromatic heterocycles. The number of unbranched alkanes of at least 4 members (excludes halogenated alkanes) is 1. The van der Waals surface area contributed by atoms with Gasteiger partial charge in [-0.15, -0.1) is 6.58 Å². The van der Waals surface area contributed by atoms with Crippen molar-refractivity contribution >= 4 is 17.9 Å². The molecular weight excluding hydrogens is 238 g/mol. The molecule has 0 radical (unpaired) electrons. The Kier molecular flexibility index (Phi) is 8.00. The summed E-state index contributed by atoms with van der Waals surface area (Å²) in [6.45, 7) is 3.62. The summed E-state index contributed by atoms with van der Waals surface area (Å²) in [6, 6.07) is -0.462. The Bertz CT molecular complexity index is 317. The quantitative estimate of drug-likeness (QED) is 0.396. The number of aliphatic carboxylic acids is 1. The van der Waals surface area contributed by atoms with Crippen LogP contribution >= 0.6 is 0 Å². The molecule has 0 bridgehead atoms. The number of nitrogens with two attached hydrogens (primary N) is 1. The molecule has 0 rings (SSSR count). The predicted molar refractivity (Wildman–Crippen MR) is 65.8 cm³/mol. The first-order valence-corrected chi connectivity index (χ1v) is 5.61. The Balaban J connectivity index is 3.91. The van der Waals surface area contributed by atoms with Gasteiger partial charge in [-0.3, -0.25) is 9.59 Å². The first-order chi connectivity index (χ1) is 8.47. The van der Waals surface area contributed by atoms with Crippen LogP contribution in [0, 0.1) is 0 Å². The van der Waals surface area contributed by atoms with Crippen LogP contribution in [-0.4, -0.2) is 47.5 Å². The first kappa shape index (κ1) is 16.0. The van der Waals surface area contributed by atoms with Crippen LogP contribution in [-0.2, 0) is 9.59 Å². The van der Waals surface area contributed by atoms with Gasteiger partial charge in [0.15, 0.2) is 0 Å². The second kappa shape index (κ2) is 9.03. The lowest BCUT2D eigenvalue weighted by Gasteiger charge is -2.19. The minimum atomic E-state index is -1.08. The molecule has 0 saturated carbocycles. The van der Waals surface area contributed by atoms with Gasteiger partial charge in [-0.05, 0) is 12.8 Å². The summed E-state index contributed by atoms with van der Waals surface area (Å²) in [4.78, 5) is 33.7. The molecule has 0 aliphatic rings. The van der Waals surface area contributed by atoms with Crippen LogP contribution in [0.5, 0.6) is 0 Å². The average Bonchev–Trinajstić information content (AvgIpc) is 2.26. The number of hydrogen-bond donors (Lipinski definition) is 3. The van der Waals surface area contributed by atoms with E-state index >= 15 is 0 Å². The molecule has 4 N–H and O–H groups in total. The predicted octanol–water partition coefficient (Wildman–Crippen LogP) is -0.0758. The molecule has 0 aliphatic carbocycles. The lowest BCUT2D eigenvalue weighted by atomic mass is 10.2. The van der Waals surface area contributed by atoms with Gasteiger partial charge in [0.2, 0.25) is 5.91 Å². The Morgan fingerprint density at radius 2 is 2.00 bits per heavy atom. The van der Waals surface area contributed by atoms with E-state index in [0.29, 0.717) is 19.4 Å². The van der Waals surface area contributed by atoms with Crippen LogP contribution in [0.4, 0.5) is 4.79 Å². The molecule has 7 heteroatoms. The maximum atomic E-state index is 11.6. The monoisotopic (exact) mass is 257 g/mol. The molecule has 7 nitrogen and oxygen atoms in total. The maximum Gasteiger partial charge on any atom is 0.323 e. The van der Waals surface area contributed by atoms with Crippen molar-refractivity contribution < 1.29 is 19.5 Å². The van der Waals surface area contributed by atoms with Crippen LogP contribution in [0.15, 0.2) is 12.7 Å². The summed E-state index contributed by atoms with van der Waals surface area (Å²) in [5, 5.41) is 11.2. The Morgan fingerprint density at radius 1 is 1.33 bits per heavy atom. The Morgan fingerprint density at radius 3 is 2.50 bits per heavy atom. The van der Waals surface area contributed by atoms with Gasteiger partial charge in [0.1, 0.15) is 6.54 Å². The number of rotatable bonds is 9. The molecule has 18 heavy (non-hydrogen) atoms. The molecule has 0 atom stereocenters. The fraction of sp³-hybridized carbons (Fsp3) is 0.545. The van der Waals surface area contributed by atoms with Gasteiger partial charge in [0.25, 0.3) is 0 Å². The number of carboxylic acid groups (broad SMARTS) is 1. The zero-order valence-electron chi connectivity index (χ0n) is 10.2. The number of nitrogens with zero attached hydrogens (tertiary/aromatic N) is 1. The normalized spacial score (nSPS) is 9.56. The van der Waals surface area contributed by atoms with E-state index in [1.165, 1.54) is 6.08 Å². The van der Waals surface area contributed by atoms with E-state index in [1.807, 2.05) is 0 Å². The molecule has 0 spiro atoms. The van der Waals surface area contributed by atoms with E-state index in [0.717, 1.165) is 4.90 Å². The third-order valence-corrected chi connectivity index (χ3v) is 2.09. The minimum absolute atomic E-state index is 0.166. The smallest absolute Gasteiger partial charge is 0.323 e. The molecule has 0 aliphatic heterocycles. The highest BCUT2D eigenvalue weighted by Crippen LogP contribution is 1.94. The second-order valence-corrected chi connectivity index (χ2v) is 3.72. The van der Waals surface area contributed by atoms with Crippen LogP contribution in [0.3, 0.4) is 0 Å². The van der Waals surface area contributed by atoms with Crippen molar-refractivity contribution in [2.75, 3.05) is 19.6 Å². The Labute approximate surface area is 106 Å². The number of amides is 3. The zero-order chi connectivity index (χ0) is 14.0. The number of carbonyl (C=O) groups excluding carboxylic acids is 2. The van der Waals surface area contributed by atoms with Crippen LogP contribution < -0.4 is 11.1 Å². The standard InChI is InChI=1S/C11H19N3O4/c1-2-7-14(8-10(16)17)11(18)13-6-4-3-5-9(12)15/h2H,1,3-8H2,(H2,12,15)(H,13,18)(H,16,17). The van der Waals surface area contributed by atoms with E-state index < -0.39 is 12.0 Å². The number of carboxylic acids is 1. The highest BCUT2D eigenvalue weighted by molar-refractivity contribution is 5.80. The number of urea groups is 1. The second-order valence-electron chi connectivity index (χ2n) is 3.72. The topological polar surface area (TPSA) is 113 Å². The highest BCUT2D eigenvalue weighted by Gasteiger charge is 2.14. The van der Waals surface area contributed by atoms with E-state index in [-0.39, 0.29) is 25.4 Å². The van der Waals surface area contributed by atoms with Crippen molar-refractivity contribution in [3.05, 3.63) is 12.7 Å². The number of nitrogens with one attached hydrogen (secondary N) is 1. The average molecular weight is 257 g/mol. The van der Waals surface area contributed by atoms with Crippen molar-refractivity contribution in [3.63, 3.8) is 0 Å². The van der Waals surface area contributed by atoms with Gasteiger partial charge < -0.3 is 21.1 Å². The highest BCUT2D eigenvalue weighted by atomic mass is 16.4. The molecular formula is C11H19N3O4. The summed E-state index contributed by atoms with van der Waals surface area (Å²) in [5.41, 5.74) is 4.97. The number of carbonyl (C=O) groups is 3. The molecule has 0 saturated heterocycles. The number of primary amides is 1. The summed E-state index contributed by atoms with van der Waals surface area (Å²) in [6.07, 6.45) is 2.94. The molecule has 0 unspecified atom stereocenters. The molecule has 3 amide bonds. The van der Waals surface area contributed by atoms with Gasteiger partial charge in [-0.1, -0.05) is 6.08 Å². The lowest BCUT2D eigenvalue weighted by molar-refractivity contribution is -0.137. The number of hydrogen-bond acceptors (Lipinski definition) is 3. The van der Waals surface area contributed by atoms with Gasteiger partial charge in [-0.2, -0.15) is 0 Å². The SMILES string of the molecule is C=CCN(CC(=O)O)C(=O)NCCCCC(N)=O. The molecule has 0 aromatic rings. The van der Waals surface area contributed by atoms with Crippen molar-refractivity contribution in [1.29, 1.82) is 0 Å². The summed E-state index contributed by atoms with van der Waals surface area (Å²) in [5.74, 6) is -1.46. The van der Waals surface area contributed by atoms with Gasteiger partial charge >= 0.3 is 12.0 Å². The first-order valence-electron chi connectivity index (χ1n) is 5.61. The zero-order valence-corrected chi connectivity index (χ0v) is 10.2. The van der Waals surface area contributed by atoms with Crippen molar-refractivity contribution in [3.8, 4) is 0 Å². The lowest BCUT2D eigenvalue weighted by Crippen LogP contribution is -2.43. The third kappa shape index (κ3) is 8.14. The fourth-order valence-corrected chi connectivity index (χ4v) is 1.27. The fourth-order valence-electron chi connectivity index (χ4n) is 1.27. The van der Waals surface area contributed by atoms with E-state index in [2.05, 4.69) is 11.9 Å². The van der Waals surface area contributed by atoms with Crippen LogP contribution in [0.25, 0.3) is 0 Å². The van der Waals surface area contributed by atoms with E-state index in [9.17, 15) is 14.4 Å². The van der Waals surface area contributed by atoms with Crippen LogP contribution in [0.2, 0.25) is 0 Å². The molecule has 0 aromatic carbocycles. The van der Waals surface area contributed by atoms with E-state index in [1.54, 1.807) is 0 Å². The van der Waals surface area contributed by atoms with Gasteiger partial charge in [0, 0.05) is 19.5 Å². The summed E-state index contributed by atoms with van der Waals surface area (Å²) >= 11 is 0. The minimum Gasteiger partial charge on any atom is -0.480 e. The Hall–Kier alpha value is -2.05. The van der Waals surface area contributed by atoms with Crippen molar-refractivity contribution in [2.24, 2.45) is 5.73 Å². The third-order valence-electron chi connectivity index (χ3n) is 2.09. The van der Waals surface area contributed by atoms with Gasteiger partial charge in [-0.25, -0.2) is 4.79 Å². The summed E-state index contributed by atoms with van der Waals surface area (Å²) < 4.78 is 0. The maximum absolute atomic E-state index is 11.6.